The van der Waals surface area contributed by atoms with Crippen molar-refractivity contribution in [2.45, 2.75) is 52.7 Å². The lowest BCUT2D eigenvalue weighted by atomic mass is 10.1. The third-order valence-electron chi connectivity index (χ3n) is 4.30. The maximum absolute atomic E-state index is 12.5. The molecule has 2 amide bonds. The lowest BCUT2D eigenvalue weighted by Crippen LogP contribution is -2.36. The van der Waals surface area contributed by atoms with Crippen LogP contribution >= 0.6 is 23.4 Å². The average molecular weight is 398 g/mol. The first-order valence-corrected chi connectivity index (χ1v) is 9.83. The van der Waals surface area contributed by atoms with Crippen molar-refractivity contribution in [3.63, 3.8) is 0 Å². The quantitative estimate of drug-likeness (QED) is 0.579. The second-order valence-corrected chi connectivity index (χ2v) is 7.58. The van der Waals surface area contributed by atoms with E-state index in [-0.39, 0.29) is 23.3 Å². The van der Waals surface area contributed by atoms with Crippen molar-refractivity contribution in [3.8, 4) is 11.5 Å². The number of nitrogens with zero attached hydrogens (tertiary/aromatic N) is 1. The highest BCUT2D eigenvalue weighted by atomic mass is 35.5. The molecule has 0 aliphatic carbocycles. The average Bonchev–Trinajstić information content (AvgIpc) is 2.89. The van der Waals surface area contributed by atoms with Crippen LogP contribution in [0.15, 0.2) is 17.0 Å². The third kappa shape index (κ3) is 4.35. The van der Waals surface area contributed by atoms with E-state index < -0.39 is 0 Å². The first-order chi connectivity index (χ1) is 12.3. The molecule has 0 saturated carbocycles. The SMILES string of the molecule is CC[C@@H](C)Oc1c(Cl)cc(/C=C2/SC(=O)N([C@H](C)CC)C2=O)cc1OC. The number of amides is 2. The van der Waals surface area contributed by atoms with Crippen molar-refractivity contribution >= 4 is 40.6 Å². The van der Waals surface area contributed by atoms with E-state index in [1.54, 1.807) is 18.2 Å². The standard InChI is InChI=1S/C19H24ClNO4S/c1-6-11(3)21-18(22)16(26-19(21)23)10-13-8-14(20)17(15(9-13)24-5)25-12(4)7-2/h8-12H,6-7H2,1-5H3/b16-10+/t11-,12-/m1/s1. The molecule has 1 aromatic rings. The lowest BCUT2D eigenvalue weighted by molar-refractivity contribution is -0.124. The van der Waals surface area contributed by atoms with Crippen molar-refractivity contribution in [2.24, 2.45) is 0 Å². The Morgan fingerprint density at radius 2 is 1.92 bits per heavy atom. The van der Waals surface area contributed by atoms with E-state index in [1.165, 1.54) is 12.0 Å². The van der Waals surface area contributed by atoms with E-state index in [0.29, 0.717) is 33.4 Å². The van der Waals surface area contributed by atoms with Crippen LogP contribution in [-0.4, -0.2) is 35.3 Å². The van der Waals surface area contributed by atoms with Gasteiger partial charge in [-0.3, -0.25) is 14.5 Å². The van der Waals surface area contributed by atoms with E-state index in [4.69, 9.17) is 21.1 Å². The van der Waals surface area contributed by atoms with Crippen LogP contribution in [0.2, 0.25) is 5.02 Å². The maximum Gasteiger partial charge on any atom is 0.293 e. The van der Waals surface area contributed by atoms with Gasteiger partial charge >= 0.3 is 0 Å². The third-order valence-corrected chi connectivity index (χ3v) is 5.46. The molecule has 1 aromatic carbocycles. The topological polar surface area (TPSA) is 55.8 Å². The van der Waals surface area contributed by atoms with Crippen LogP contribution in [0.4, 0.5) is 4.79 Å². The van der Waals surface area contributed by atoms with Crippen molar-refractivity contribution in [1.29, 1.82) is 0 Å². The van der Waals surface area contributed by atoms with Gasteiger partial charge in [0.15, 0.2) is 11.5 Å². The number of halogens is 1. The van der Waals surface area contributed by atoms with Crippen molar-refractivity contribution in [1.82, 2.24) is 4.90 Å². The normalized spacial score (nSPS) is 18.4. The predicted octanol–water partition coefficient (Wildman–Crippen LogP) is 5.36. The van der Waals surface area contributed by atoms with Gasteiger partial charge < -0.3 is 9.47 Å². The molecule has 26 heavy (non-hydrogen) atoms. The molecule has 0 radical (unpaired) electrons. The highest BCUT2D eigenvalue weighted by Gasteiger charge is 2.37. The molecular formula is C19H24ClNO4S. The van der Waals surface area contributed by atoms with Gasteiger partial charge in [-0.1, -0.05) is 25.4 Å². The molecular weight excluding hydrogens is 374 g/mol. The molecule has 1 aliphatic heterocycles. The van der Waals surface area contributed by atoms with Crippen molar-refractivity contribution in [2.75, 3.05) is 7.11 Å². The minimum Gasteiger partial charge on any atom is -0.493 e. The van der Waals surface area contributed by atoms with Gasteiger partial charge in [-0.25, -0.2) is 0 Å². The Bertz CT molecular complexity index is 734. The van der Waals surface area contributed by atoms with Gasteiger partial charge in [0.05, 0.1) is 23.1 Å². The van der Waals surface area contributed by atoms with Crippen LogP contribution < -0.4 is 9.47 Å². The van der Waals surface area contributed by atoms with Crippen LogP contribution in [0.3, 0.4) is 0 Å². The zero-order valence-corrected chi connectivity index (χ0v) is 17.2. The van der Waals surface area contributed by atoms with Gasteiger partial charge in [-0.2, -0.15) is 0 Å². The van der Waals surface area contributed by atoms with Crippen LogP contribution in [0.1, 0.15) is 46.1 Å². The van der Waals surface area contributed by atoms with E-state index in [1.807, 2.05) is 27.7 Å². The number of benzene rings is 1. The van der Waals surface area contributed by atoms with Crippen molar-refractivity contribution < 1.29 is 19.1 Å². The molecule has 0 bridgehead atoms. The lowest BCUT2D eigenvalue weighted by Gasteiger charge is -2.19. The number of hydrogen-bond acceptors (Lipinski definition) is 5. The summed E-state index contributed by atoms with van der Waals surface area (Å²) in [6, 6.07) is 3.33. The first-order valence-electron chi connectivity index (χ1n) is 8.63. The number of methoxy groups -OCH3 is 1. The fourth-order valence-corrected chi connectivity index (χ4v) is 3.61. The number of thioether (sulfide) groups is 1. The molecule has 5 nitrogen and oxygen atoms in total. The fourth-order valence-electron chi connectivity index (χ4n) is 2.42. The zero-order chi connectivity index (χ0) is 19.4. The Morgan fingerprint density at radius 1 is 1.23 bits per heavy atom. The molecule has 1 saturated heterocycles. The van der Waals surface area contributed by atoms with Crippen LogP contribution in [0.5, 0.6) is 11.5 Å². The molecule has 1 heterocycles. The summed E-state index contributed by atoms with van der Waals surface area (Å²) in [7, 11) is 1.54. The van der Waals surface area contributed by atoms with Gasteiger partial charge in [-0.05, 0) is 62.2 Å². The highest BCUT2D eigenvalue weighted by molar-refractivity contribution is 8.18. The summed E-state index contributed by atoms with van der Waals surface area (Å²) in [4.78, 5) is 26.4. The summed E-state index contributed by atoms with van der Waals surface area (Å²) in [5, 5.41) is 0.155. The van der Waals surface area contributed by atoms with Gasteiger partial charge in [0.25, 0.3) is 11.1 Å². The van der Waals surface area contributed by atoms with Crippen LogP contribution in [0, 0.1) is 0 Å². The number of hydrogen-bond donors (Lipinski definition) is 0. The Kier molecular flexibility index (Phi) is 7.01. The summed E-state index contributed by atoms with van der Waals surface area (Å²) in [6.07, 6.45) is 3.21. The van der Waals surface area contributed by atoms with Gasteiger partial charge in [-0.15, -0.1) is 0 Å². The Morgan fingerprint density at radius 3 is 2.50 bits per heavy atom. The summed E-state index contributed by atoms with van der Waals surface area (Å²) >= 11 is 7.30. The first kappa shape index (κ1) is 20.6. The molecule has 1 fully saturated rings. The number of imide groups is 1. The number of ether oxygens (including phenoxy) is 2. The molecule has 142 valence electrons. The van der Waals surface area contributed by atoms with E-state index >= 15 is 0 Å². The van der Waals surface area contributed by atoms with Crippen LogP contribution in [0.25, 0.3) is 6.08 Å². The van der Waals surface area contributed by atoms with Gasteiger partial charge in [0, 0.05) is 6.04 Å². The summed E-state index contributed by atoms with van der Waals surface area (Å²) in [5.74, 6) is 0.697. The van der Waals surface area contributed by atoms with Gasteiger partial charge in [0.1, 0.15) is 0 Å². The minimum atomic E-state index is -0.274. The molecule has 0 spiro atoms. The molecule has 2 atom stereocenters. The van der Waals surface area contributed by atoms with E-state index in [2.05, 4.69) is 0 Å². The molecule has 1 aliphatic rings. The second-order valence-electron chi connectivity index (χ2n) is 6.18. The predicted molar refractivity (Wildman–Crippen MR) is 106 cm³/mol. The molecule has 7 heteroatoms. The Balaban J connectivity index is 2.35. The maximum atomic E-state index is 12.5. The Hall–Kier alpha value is -1.66. The minimum absolute atomic E-state index is 0.000666. The molecule has 0 aromatic heterocycles. The van der Waals surface area contributed by atoms with E-state index in [9.17, 15) is 9.59 Å². The molecule has 0 unspecified atom stereocenters. The largest absolute Gasteiger partial charge is 0.493 e. The number of carbonyl (C=O) groups is 2. The number of carbonyl (C=O) groups excluding carboxylic acids is 2. The summed E-state index contributed by atoms with van der Waals surface area (Å²) in [5.41, 5.74) is 0.679. The second kappa shape index (κ2) is 8.82. The van der Waals surface area contributed by atoms with Crippen LogP contribution in [-0.2, 0) is 4.79 Å². The molecule has 2 rings (SSSR count). The Labute approximate surface area is 163 Å². The fraction of sp³-hybridized carbons (Fsp3) is 0.474. The zero-order valence-electron chi connectivity index (χ0n) is 15.7. The molecule has 0 N–H and O–H groups in total. The van der Waals surface area contributed by atoms with E-state index in [0.717, 1.165) is 18.2 Å². The monoisotopic (exact) mass is 397 g/mol. The summed E-state index contributed by atoms with van der Waals surface area (Å²) in [6.45, 7) is 7.78. The number of rotatable bonds is 7. The van der Waals surface area contributed by atoms with Gasteiger partial charge in [0.2, 0.25) is 0 Å². The summed E-state index contributed by atoms with van der Waals surface area (Å²) < 4.78 is 11.2. The smallest absolute Gasteiger partial charge is 0.293 e. The van der Waals surface area contributed by atoms with Crippen molar-refractivity contribution in [3.05, 3.63) is 27.6 Å². The highest BCUT2D eigenvalue weighted by Crippen LogP contribution is 2.40.